The normalized spacial score (nSPS) is 24.7. The molecule has 0 spiro atoms. The number of nitrogens with zero attached hydrogens (tertiary/aromatic N) is 1. The number of rotatable bonds is 3. The second kappa shape index (κ2) is 3.69. The summed E-state index contributed by atoms with van der Waals surface area (Å²) in [5.74, 6) is 0.148. The van der Waals surface area contributed by atoms with Gasteiger partial charge in [0.1, 0.15) is 0 Å². The number of methoxy groups -OCH3 is 1. The predicted octanol–water partition coefficient (Wildman–Crippen LogP) is -0.808. The Morgan fingerprint density at radius 3 is 3.00 bits per heavy atom. The minimum absolute atomic E-state index is 0.0272. The van der Waals surface area contributed by atoms with Crippen LogP contribution in [-0.2, 0) is 9.53 Å². The molecule has 1 aliphatic heterocycles. The van der Waals surface area contributed by atoms with Crippen molar-refractivity contribution in [2.75, 3.05) is 26.8 Å². The Hall–Kier alpha value is -0.610. The van der Waals surface area contributed by atoms with E-state index in [-0.39, 0.29) is 11.9 Å². The molecule has 0 aliphatic carbocycles. The number of ether oxygens (including phenoxy) is 1. The van der Waals surface area contributed by atoms with Crippen molar-refractivity contribution in [1.82, 2.24) is 4.90 Å². The van der Waals surface area contributed by atoms with Gasteiger partial charge in [-0.2, -0.15) is 0 Å². The van der Waals surface area contributed by atoms with Crippen LogP contribution in [0.15, 0.2) is 0 Å². The molecule has 0 radical (unpaired) electrons. The summed E-state index contributed by atoms with van der Waals surface area (Å²) in [4.78, 5) is 12.8. The van der Waals surface area contributed by atoms with Gasteiger partial charge in [0.2, 0.25) is 5.91 Å². The maximum Gasteiger partial charge on any atom is 0.224 e. The zero-order valence-electron chi connectivity index (χ0n) is 6.75. The molecule has 0 aromatic carbocycles. The number of carbonyl (C=O) groups is 1. The van der Waals surface area contributed by atoms with Crippen LogP contribution in [0.5, 0.6) is 0 Å². The maximum absolute atomic E-state index is 11.1. The number of likely N-dealkylation sites (tertiary alicyclic amines) is 1. The van der Waals surface area contributed by atoms with Crippen LogP contribution in [0, 0.1) is 0 Å². The van der Waals surface area contributed by atoms with Crippen molar-refractivity contribution < 1.29 is 9.53 Å². The van der Waals surface area contributed by atoms with E-state index in [4.69, 9.17) is 10.5 Å². The van der Waals surface area contributed by atoms with Gasteiger partial charge in [-0.1, -0.05) is 0 Å². The largest absolute Gasteiger partial charge is 0.383 e. The van der Waals surface area contributed by atoms with Crippen LogP contribution in [0.25, 0.3) is 0 Å². The Labute approximate surface area is 66.3 Å². The Bertz CT molecular complexity index is 149. The Balaban J connectivity index is 2.29. The lowest BCUT2D eigenvalue weighted by atomic mass is 10.3. The highest BCUT2D eigenvalue weighted by Crippen LogP contribution is 2.07. The summed E-state index contributed by atoms with van der Waals surface area (Å²) in [5, 5.41) is 0. The highest BCUT2D eigenvalue weighted by molar-refractivity contribution is 5.79. The minimum atomic E-state index is 0.0272. The Morgan fingerprint density at radius 1 is 1.82 bits per heavy atom. The molecule has 2 N–H and O–H groups in total. The molecule has 4 heteroatoms. The van der Waals surface area contributed by atoms with Gasteiger partial charge >= 0.3 is 0 Å². The molecule has 0 bridgehead atoms. The van der Waals surface area contributed by atoms with E-state index in [2.05, 4.69) is 0 Å². The number of hydrogen-bond donors (Lipinski definition) is 1. The van der Waals surface area contributed by atoms with E-state index >= 15 is 0 Å². The first-order chi connectivity index (χ1) is 5.24. The van der Waals surface area contributed by atoms with Gasteiger partial charge in [-0.25, -0.2) is 0 Å². The van der Waals surface area contributed by atoms with Crippen molar-refractivity contribution in [3.8, 4) is 0 Å². The molecule has 0 saturated carbocycles. The van der Waals surface area contributed by atoms with Crippen LogP contribution in [0.2, 0.25) is 0 Å². The summed E-state index contributed by atoms with van der Waals surface area (Å²) in [6, 6.07) is 0.0272. The van der Waals surface area contributed by atoms with E-state index in [0.717, 1.165) is 0 Å². The van der Waals surface area contributed by atoms with Crippen LogP contribution < -0.4 is 5.73 Å². The second-order valence-corrected chi connectivity index (χ2v) is 2.80. The summed E-state index contributed by atoms with van der Waals surface area (Å²) in [6.45, 7) is 1.95. The average molecular weight is 158 g/mol. The minimum Gasteiger partial charge on any atom is -0.383 e. The summed E-state index contributed by atoms with van der Waals surface area (Å²) in [6.07, 6.45) is 0.490. The lowest BCUT2D eigenvalue weighted by molar-refractivity contribution is -0.128. The van der Waals surface area contributed by atoms with Crippen molar-refractivity contribution in [2.24, 2.45) is 5.73 Å². The van der Waals surface area contributed by atoms with Crippen LogP contribution in [0.4, 0.5) is 0 Å². The Kier molecular flexibility index (Phi) is 2.84. The molecule has 1 fully saturated rings. The third kappa shape index (κ3) is 2.17. The fourth-order valence-electron chi connectivity index (χ4n) is 1.22. The fraction of sp³-hybridized carbons (Fsp3) is 0.857. The number of hydrogen-bond acceptors (Lipinski definition) is 3. The molecular formula is C7H14N2O2. The van der Waals surface area contributed by atoms with Gasteiger partial charge in [0, 0.05) is 32.7 Å². The highest BCUT2D eigenvalue weighted by atomic mass is 16.5. The third-order valence-corrected chi connectivity index (χ3v) is 1.81. The van der Waals surface area contributed by atoms with E-state index in [1.807, 2.05) is 0 Å². The monoisotopic (exact) mass is 158 g/mol. The van der Waals surface area contributed by atoms with E-state index in [0.29, 0.717) is 26.1 Å². The van der Waals surface area contributed by atoms with Gasteiger partial charge in [0.05, 0.1) is 6.61 Å². The average Bonchev–Trinajstić information content (AvgIpc) is 2.26. The topological polar surface area (TPSA) is 55.6 Å². The molecule has 0 aromatic rings. The van der Waals surface area contributed by atoms with Gasteiger partial charge in [-0.15, -0.1) is 0 Å². The zero-order chi connectivity index (χ0) is 8.27. The molecule has 1 amide bonds. The molecule has 1 saturated heterocycles. The molecule has 0 aromatic heterocycles. The molecule has 1 rings (SSSR count). The summed E-state index contributed by atoms with van der Waals surface area (Å²) in [5.41, 5.74) is 5.58. The molecule has 0 unspecified atom stereocenters. The van der Waals surface area contributed by atoms with Crippen molar-refractivity contribution in [1.29, 1.82) is 0 Å². The second-order valence-electron chi connectivity index (χ2n) is 2.80. The van der Waals surface area contributed by atoms with Crippen molar-refractivity contribution in [3.63, 3.8) is 0 Å². The lowest BCUT2D eigenvalue weighted by Crippen LogP contribution is -2.31. The van der Waals surface area contributed by atoms with Gasteiger partial charge in [-0.05, 0) is 0 Å². The SMILES string of the molecule is COCCN1C[C@H](N)CC1=O. The molecule has 4 nitrogen and oxygen atoms in total. The first-order valence-electron chi connectivity index (χ1n) is 3.76. The van der Waals surface area contributed by atoms with Crippen molar-refractivity contribution in [2.45, 2.75) is 12.5 Å². The van der Waals surface area contributed by atoms with Gasteiger partial charge in [0.25, 0.3) is 0 Å². The zero-order valence-corrected chi connectivity index (χ0v) is 6.75. The smallest absolute Gasteiger partial charge is 0.224 e. The lowest BCUT2D eigenvalue weighted by Gasteiger charge is -2.14. The molecule has 1 atom stereocenters. The third-order valence-electron chi connectivity index (χ3n) is 1.81. The van der Waals surface area contributed by atoms with Crippen LogP contribution >= 0.6 is 0 Å². The van der Waals surface area contributed by atoms with Crippen LogP contribution in [-0.4, -0.2) is 43.7 Å². The predicted molar refractivity (Wildman–Crippen MR) is 41.0 cm³/mol. The highest BCUT2D eigenvalue weighted by Gasteiger charge is 2.25. The molecule has 64 valence electrons. The Morgan fingerprint density at radius 2 is 2.55 bits per heavy atom. The summed E-state index contributed by atoms with van der Waals surface area (Å²) >= 11 is 0. The van der Waals surface area contributed by atoms with E-state index < -0.39 is 0 Å². The van der Waals surface area contributed by atoms with Crippen molar-refractivity contribution in [3.05, 3.63) is 0 Å². The first-order valence-corrected chi connectivity index (χ1v) is 3.76. The maximum atomic E-state index is 11.1. The van der Waals surface area contributed by atoms with Gasteiger partial charge < -0.3 is 15.4 Å². The fourth-order valence-corrected chi connectivity index (χ4v) is 1.22. The van der Waals surface area contributed by atoms with E-state index in [1.165, 1.54) is 0 Å². The molecule has 1 heterocycles. The number of carbonyl (C=O) groups excluding carboxylic acids is 1. The first kappa shape index (κ1) is 8.49. The molecular weight excluding hydrogens is 144 g/mol. The van der Waals surface area contributed by atoms with Crippen molar-refractivity contribution >= 4 is 5.91 Å². The van der Waals surface area contributed by atoms with Crippen LogP contribution in [0.3, 0.4) is 0 Å². The van der Waals surface area contributed by atoms with E-state index in [9.17, 15) is 4.79 Å². The van der Waals surface area contributed by atoms with Crippen LogP contribution in [0.1, 0.15) is 6.42 Å². The quantitative estimate of drug-likeness (QED) is 0.584. The standard InChI is InChI=1S/C7H14N2O2/c1-11-3-2-9-5-6(8)4-7(9)10/h6H,2-5,8H2,1H3/t6-/m1/s1. The summed E-state index contributed by atoms with van der Waals surface area (Å²) in [7, 11) is 1.63. The van der Waals surface area contributed by atoms with Gasteiger partial charge in [-0.3, -0.25) is 4.79 Å². The van der Waals surface area contributed by atoms with E-state index in [1.54, 1.807) is 12.0 Å². The number of nitrogens with two attached hydrogens (primary N) is 1. The summed E-state index contributed by atoms with van der Waals surface area (Å²) < 4.78 is 4.85. The molecule has 11 heavy (non-hydrogen) atoms. The molecule has 1 aliphatic rings. The van der Waals surface area contributed by atoms with Gasteiger partial charge in [0.15, 0.2) is 0 Å². The number of amides is 1.